The van der Waals surface area contributed by atoms with Crippen molar-refractivity contribution in [2.24, 2.45) is 11.7 Å². The molecule has 28 heavy (non-hydrogen) atoms. The smallest absolute Gasteiger partial charge is 0.307 e. The summed E-state index contributed by atoms with van der Waals surface area (Å²) >= 11 is 0. The fourth-order valence-corrected chi connectivity index (χ4v) is 3.56. The number of hydrogen-bond acceptors (Lipinski definition) is 5. The molecule has 0 fully saturated rings. The van der Waals surface area contributed by atoms with Crippen molar-refractivity contribution < 1.29 is 9.90 Å². The SMILES string of the molecule is CCCC(C(=O)O)C(Cc1cccc(-c2cccc(CN)c2)c1)c1nn[nH]n1. The second kappa shape index (κ2) is 9.23. The van der Waals surface area contributed by atoms with Crippen molar-refractivity contribution in [1.82, 2.24) is 20.6 Å². The number of nitrogens with zero attached hydrogens (tertiary/aromatic N) is 3. The summed E-state index contributed by atoms with van der Waals surface area (Å²) < 4.78 is 0. The van der Waals surface area contributed by atoms with Crippen molar-refractivity contribution in [2.75, 3.05) is 0 Å². The first-order valence-corrected chi connectivity index (χ1v) is 9.46. The van der Waals surface area contributed by atoms with Gasteiger partial charge in [0.05, 0.1) is 5.92 Å². The topological polar surface area (TPSA) is 118 Å². The Morgan fingerprint density at radius 1 is 1.14 bits per heavy atom. The monoisotopic (exact) mass is 379 g/mol. The highest BCUT2D eigenvalue weighted by molar-refractivity contribution is 5.71. The zero-order valence-corrected chi connectivity index (χ0v) is 15.9. The number of aromatic amines is 1. The molecule has 1 aromatic heterocycles. The molecule has 4 N–H and O–H groups in total. The minimum atomic E-state index is -0.830. The average Bonchev–Trinajstić information content (AvgIpc) is 3.25. The van der Waals surface area contributed by atoms with Crippen LogP contribution < -0.4 is 5.73 Å². The molecule has 2 unspecified atom stereocenters. The standard InChI is InChI=1S/C21H25N5O2/c1-2-5-18(21(27)28)19(20-23-25-26-24-20)12-14-6-3-8-16(10-14)17-9-4-7-15(11-17)13-22/h3-4,6-11,18-19H,2,5,12-13,22H2,1H3,(H,27,28)(H,23,24,25,26). The third-order valence-corrected chi connectivity index (χ3v) is 4.97. The lowest BCUT2D eigenvalue weighted by molar-refractivity contribution is -0.142. The minimum absolute atomic E-state index is 0.346. The van der Waals surface area contributed by atoms with Crippen LogP contribution >= 0.6 is 0 Å². The molecule has 0 saturated heterocycles. The van der Waals surface area contributed by atoms with Gasteiger partial charge in [0.2, 0.25) is 0 Å². The van der Waals surface area contributed by atoms with Gasteiger partial charge in [-0.1, -0.05) is 61.0 Å². The molecule has 2 aromatic carbocycles. The highest BCUT2D eigenvalue weighted by Crippen LogP contribution is 2.31. The lowest BCUT2D eigenvalue weighted by Gasteiger charge is -2.21. The van der Waals surface area contributed by atoms with Gasteiger partial charge in [0, 0.05) is 12.5 Å². The van der Waals surface area contributed by atoms with E-state index in [2.05, 4.69) is 32.8 Å². The van der Waals surface area contributed by atoms with Crippen LogP contribution in [0, 0.1) is 5.92 Å². The van der Waals surface area contributed by atoms with Crippen molar-refractivity contribution in [2.45, 2.75) is 38.6 Å². The number of benzene rings is 2. The normalized spacial score (nSPS) is 13.2. The van der Waals surface area contributed by atoms with E-state index < -0.39 is 11.9 Å². The van der Waals surface area contributed by atoms with Gasteiger partial charge < -0.3 is 10.8 Å². The summed E-state index contributed by atoms with van der Waals surface area (Å²) in [5, 5.41) is 24.0. The fourth-order valence-electron chi connectivity index (χ4n) is 3.56. The number of nitrogens with two attached hydrogens (primary N) is 1. The molecule has 1 heterocycles. The van der Waals surface area contributed by atoms with E-state index in [-0.39, 0.29) is 5.92 Å². The Morgan fingerprint density at radius 3 is 2.39 bits per heavy atom. The summed E-state index contributed by atoms with van der Waals surface area (Å²) in [6.45, 7) is 2.47. The lowest BCUT2D eigenvalue weighted by atomic mass is 9.83. The summed E-state index contributed by atoms with van der Waals surface area (Å²) in [7, 11) is 0. The number of tetrazole rings is 1. The Kier molecular flexibility index (Phi) is 6.49. The average molecular weight is 379 g/mol. The van der Waals surface area contributed by atoms with E-state index in [4.69, 9.17) is 5.73 Å². The molecule has 3 rings (SSSR count). The van der Waals surface area contributed by atoms with Crippen LogP contribution in [0.25, 0.3) is 11.1 Å². The Hall–Kier alpha value is -3.06. The number of aromatic nitrogens is 4. The summed E-state index contributed by atoms with van der Waals surface area (Å²) in [4.78, 5) is 11.9. The van der Waals surface area contributed by atoms with Crippen LogP contribution in [0.1, 0.15) is 42.6 Å². The molecule has 0 amide bonds. The molecule has 0 bridgehead atoms. The van der Waals surface area contributed by atoms with Gasteiger partial charge in [0.25, 0.3) is 0 Å². The molecular formula is C21H25N5O2. The molecular weight excluding hydrogens is 354 g/mol. The number of carbonyl (C=O) groups is 1. The Labute approximate surface area is 164 Å². The minimum Gasteiger partial charge on any atom is -0.481 e. The zero-order chi connectivity index (χ0) is 19.9. The van der Waals surface area contributed by atoms with E-state index in [9.17, 15) is 9.90 Å². The van der Waals surface area contributed by atoms with Crippen LogP contribution in [0.2, 0.25) is 0 Å². The number of hydrogen-bond donors (Lipinski definition) is 3. The van der Waals surface area contributed by atoms with Gasteiger partial charge in [-0.05, 0) is 41.2 Å². The van der Waals surface area contributed by atoms with Crippen LogP contribution in [-0.4, -0.2) is 31.7 Å². The number of nitrogens with one attached hydrogen (secondary N) is 1. The summed E-state index contributed by atoms with van der Waals surface area (Å²) in [6, 6.07) is 16.3. The van der Waals surface area contributed by atoms with Crippen LogP contribution in [0.15, 0.2) is 48.5 Å². The maximum Gasteiger partial charge on any atom is 0.307 e. The molecule has 0 aliphatic carbocycles. The van der Waals surface area contributed by atoms with Crippen LogP contribution in [0.5, 0.6) is 0 Å². The highest BCUT2D eigenvalue weighted by atomic mass is 16.4. The van der Waals surface area contributed by atoms with Crippen molar-refractivity contribution >= 4 is 5.97 Å². The van der Waals surface area contributed by atoms with E-state index in [1.54, 1.807) is 0 Å². The fraction of sp³-hybridized carbons (Fsp3) is 0.333. The third kappa shape index (κ3) is 4.61. The lowest BCUT2D eigenvalue weighted by Crippen LogP contribution is -2.25. The van der Waals surface area contributed by atoms with Crippen LogP contribution in [0.4, 0.5) is 0 Å². The Bertz CT molecular complexity index is 911. The van der Waals surface area contributed by atoms with Crippen molar-refractivity contribution in [3.8, 4) is 11.1 Å². The Balaban J connectivity index is 1.92. The summed E-state index contributed by atoms with van der Waals surface area (Å²) in [6.07, 6.45) is 1.87. The largest absolute Gasteiger partial charge is 0.481 e. The molecule has 2 atom stereocenters. The second-order valence-corrected chi connectivity index (χ2v) is 6.92. The van der Waals surface area contributed by atoms with Crippen molar-refractivity contribution in [3.05, 3.63) is 65.5 Å². The molecule has 0 aliphatic rings. The molecule has 0 spiro atoms. The van der Waals surface area contributed by atoms with Gasteiger partial charge >= 0.3 is 5.97 Å². The van der Waals surface area contributed by atoms with Gasteiger partial charge in [-0.3, -0.25) is 4.79 Å². The van der Waals surface area contributed by atoms with Crippen molar-refractivity contribution in [1.29, 1.82) is 0 Å². The van der Waals surface area contributed by atoms with Crippen molar-refractivity contribution in [3.63, 3.8) is 0 Å². The first-order valence-electron chi connectivity index (χ1n) is 9.46. The zero-order valence-electron chi connectivity index (χ0n) is 15.9. The summed E-state index contributed by atoms with van der Waals surface area (Å²) in [5.41, 5.74) is 10.0. The molecule has 0 aliphatic heterocycles. The van der Waals surface area contributed by atoms with Crippen LogP contribution in [0.3, 0.4) is 0 Å². The molecule has 0 radical (unpaired) electrons. The number of rotatable bonds is 9. The van der Waals surface area contributed by atoms with Gasteiger partial charge in [-0.25, -0.2) is 0 Å². The van der Waals surface area contributed by atoms with Crippen LogP contribution in [-0.2, 0) is 17.8 Å². The van der Waals surface area contributed by atoms with E-state index in [0.29, 0.717) is 25.2 Å². The maximum atomic E-state index is 11.9. The van der Waals surface area contributed by atoms with E-state index in [1.165, 1.54) is 0 Å². The number of aliphatic carboxylic acids is 1. The van der Waals surface area contributed by atoms with Gasteiger partial charge in [0.15, 0.2) is 5.82 Å². The summed E-state index contributed by atoms with van der Waals surface area (Å²) in [5.74, 6) is -1.30. The van der Waals surface area contributed by atoms with E-state index >= 15 is 0 Å². The van der Waals surface area contributed by atoms with E-state index in [1.807, 2.05) is 43.3 Å². The molecule has 7 heteroatoms. The molecule has 7 nitrogen and oxygen atoms in total. The molecule has 146 valence electrons. The first-order chi connectivity index (χ1) is 13.6. The Morgan fingerprint density at radius 2 is 1.82 bits per heavy atom. The van der Waals surface area contributed by atoms with E-state index in [0.717, 1.165) is 28.7 Å². The number of carboxylic acid groups (broad SMARTS) is 1. The first kappa shape index (κ1) is 19.7. The maximum absolute atomic E-state index is 11.9. The predicted octanol–water partition coefficient (Wildman–Crippen LogP) is 3.15. The third-order valence-electron chi connectivity index (χ3n) is 4.97. The number of H-pyrrole nitrogens is 1. The second-order valence-electron chi connectivity index (χ2n) is 6.92. The quantitative estimate of drug-likeness (QED) is 0.526. The highest BCUT2D eigenvalue weighted by Gasteiger charge is 2.32. The van der Waals surface area contributed by atoms with Gasteiger partial charge in [0.1, 0.15) is 0 Å². The molecule has 0 saturated carbocycles. The van der Waals surface area contributed by atoms with Gasteiger partial charge in [-0.2, -0.15) is 5.21 Å². The predicted molar refractivity (Wildman–Crippen MR) is 106 cm³/mol. The molecule has 3 aromatic rings. The van der Waals surface area contributed by atoms with Gasteiger partial charge in [-0.15, -0.1) is 10.2 Å². The number of carboxylic acids is 1.